The monoisotopic (exact) mass is 459 g/mol. The molecular formula is C24H45NO5S. The number of unbranched alkanes of at least 4 members (excludes halogenated alkanes) is 10. The third-order valence-electron chi connectivity index (χ3n) is 5.10. The van der Waals surface area contributed by atoms with Gasteiger partial charge in [-0.2, -0.15) is 8.42 Å². The van der Waals surface area contributed by atoms with Gasteiger partial charge in [-0.25, -0.2) is 0 Å². The van der Waals surface area contributed by atoms with E-state index in [1.807, 2.05) is 0 Å². The standard InChI is InChI=1S/C24H45NO5S/c1-3-5-7-9-11-12-13-14-16-18-20-24(27)25-22(21-31(28,29)30)23(26)19-17-15-10-8-6-4-2/h7,9,17,19,22-23,26H,3-6,8,10-16,18,20-21H2,1-2H3,(H,25,27)(H,28,29,30)/b9-7-,19-17+. The van der Waals surface area contributed by atoms with Gasteiger partial charge in [0.05, 0.1) is 17.9 Å². The van der Waals surface area contributed by atoms with Gasteiger partial charge in [0, 0.05) is 6.42 Å². The smallest absolute Gasteiger partial charge is 0.267 e. The summed E-state index contributed by atoms with van der Waals surface area (Å²) in [5.41, 5.74) is 0. The van der Waals surface area contributed by atoms with Crippen LogP contribution in [0.15, 0.2) is 24.3 Å². The van der Waals surface area contributed by atoms with Crippen molar-refractivity contribution in [3.8, 4) is 0 Å². The van der Waals surface area contributed by atoms with Gasteiger partial charge in [-0.1, -0.05) is 83.1 Å². The van der Waals surface area contributed by atoms with Crippen LogP contribution in [0.5, 0.6) is 0 Å². The lowest BCUT2D eigenvalue weighted by atomic mass is 10.1. The number of carbonyl (C=O) groups excluding carboxylic acids is 1. The first-order chi connectivity index (χ1) is 14.8. The molecule has 6 nitrogen and oxygen atoms in total. The van der Waals surface area contributed by atoms with Crippen LogP contribution < -0.4 is 5.32 Å². The Hall–Kier alpha value is -1.18. The number of hydrogen-bond acceptors (Lipinski definition) is 4. The molecule has 31 heavy (non-hydrogen) atoms. The number of amides is 1. The van der Waals surface area contributed by atoms with Crippen molar-refractivity contribution in [1.29, 1.82) is 0 Å². The molecule has 0 aliphatic heterocycles. The maximum absolute atomic E-state index is 12.2. The molecular weight excluding hydrogens is 414 g/mol. The highest BCUT2D eigenvalue weighted by molar-refractivity contribution is 7.85. The summed E-state index contributed by atoms with van der Waals surface area (Å²) in [5.74, 6) is -1.00. The molecule has 0 aromatic carbocycles. The van der Waals surface area contributed by atoms with Crippen molar-refractivity contribution in [1.82, 2.24) is 5.32 Å². The SMILES string of the molecule is CCC/C=C\CCCCCCCC(=O)NC(CS(=O)(=O)O)C(O)/C=C/CCCCCC. The van der Waals surface area contributed by atoms with E-state index in [9.17, 15) is 18.3 Å². The first-order valence-corrected chi connectivity index (χ1v) is 13.6. The van der Waals surface area contributed by atoms with Crippen molar-refractivity contribution in [3.05, 3.63) is 24.3 Å². The highest BCUT2D eigenvalue weighted by Crippen LogP contribution is 2.09. The van der Waals surface area contributed by atoms with Gasteiger partial charge in [-0.3, -0.25) is 9.35 Å². The van der Waals surface area contributed by atoms with Crippen LogP contribution >= 0.6 is 0 Å². The Labute approximate surface area is 190 Å². The zero-order chi connectivity index (χ0) is 23.4. The molecule has 0 saturated heterocycles. The van der Waals surface area contributed by atoms with Gasteiger partial charge in [0.25, 0.3) is 10.1 Å². The van der Waals surface area contributed by atoms with Crippen LogP contribution in [-0.2, 0) is 14.9 Å². The molecule has 0 bridgehead atoms. The fourth-order valence-electron chi connectivity index (χ4n) is 3.27. The Morgan fingerprint density at radius 2 is 1.42 bits per heavy atom. The van der Waals surface area contributed by atoms with Crippen molar-refractivity contribution in [2.24, 2.45) is 0 Å². The average Bonchev–Trinajstić information content (AvgIpc) is 2.70. The zero-order valence-corrected chi connectivity index (χ0v) is 20.4. The molecule has 0 heterocycles. The molecule has 2 atom stereocenters. The molecule has 0 fully saturated rings. The number of aliphatic hydroxyl groups excluding tert-OH is 1. The van der Waals surface area contributed by atoms with Crippen molar-refractivity contribution >= 4 is 16.0 Å². The molecule has 7 heteroatoms. The number of allylic oxidation sites excluding steroid dienone is 3. The van der Waals surface area contributed by atoms with E-state index in [4.69, 9.17) is 4.55 Å². The molecule has 0 aliphatic carbocycles. The Morgan fingerprint density at radius 3 is 2.06 bits per heavy atom. The summed E-state index contributed by atoms with van der Waals surface area (Å²) in [4.78, 5) is 12.2. The van der Waals surface area contributed by atoms with Crippen LogP contribution in [0, 0.1) is 0 Å². The third kappa shape index (κ3) is 20.5. The van der Waals surface area contributed by atoms with Gasteiger partial charge in [0.1, 0.15) is 0 Å². The summed E-state index contributed by atoms with van der Waals surface area (Å²) in [6.07, 6.45) is 20.5. The lowest BCUT2D eigenvalue weighted by Gasteiger charge is -2.21. The zero-order valence-electron chi connectivity index (χ0n) is 19.6. The Morgan fingerprint density at radius 1 is 0.839 bits per heavy atom. The van der Waals surface area contributed by atoms with Crippen LogP contribution in [-0.4, -0.2) is 41.9 Å². The number of hydrogen-bond donors (Lipinski definition) is 3. The fraction of sp³-hybridized carbons (Fsp3) is 0.792. The normalized spacial score (nSPS) is 14.3. The minimum Gasteiger partial charge on any atom is -0.387 e. The van der Waals surface area contributed by atoms with E-state index in [0.717, 1.165) is 77.0 Å². The highest BCUT2D eigenvalue weighted by atomic mass is 32.2. The van der Waals surface area contributed by atoms with Gasteiger partial charge in [-0.15, -0.1) is 0 Å². The Balaban J connectivity index is 4.24. The predicted molar refractivity (Wildman–Crippen MR) is 129 cm³/mol. The van der Waals surface area contributed by atoms with Crippen LogP contribution in [0.1, 0.15) is 104 Å². The quantitative estimate of drug-likeness (QED) is 0.130. The number of carbonyl (C=O) groups is 1. The molecule has 0 aromatic rings. The molecule has 2 unspecified atom stereocenters. The average molecular weight is 460 g/mol. The Bertz CT molecular complexity index is 601. The molecule has 0 saturated carbocycles. The van der Waals surface area contributed by atoms with E-state index in [-0.39, 0.29) is 12.3 Å². The minimum absolute atomic E-state index is 0.284. The molecule has 1 amide bonds. The van der Waals surface area contributed by atoms with E-state index in [2.05, 4.69) is 31.3 Å². The lowest BCUT2D eigenvalue weighted by molar-refractivity contribution is -0.122. The molecule has 0 rings (SSSR count). The molecule has 3 N–H and O–H groups in total. The summed E-state index contributed by atoms with van der Waals surface area (Å²) in [6, 6.07) is -1.05. The van der Waals surface area contributed by atoms with Crippen LogP contribution in [0.3, 0.4) is 0 Å². The van der Waals surface area contributed by atoms with Gasteiger partial charge < -0.3 is 10.4 Å². The molecule has 182 valence electrons. The summed E-state index contributed by atoms with van der Waals surface area (Å²) >= 11 is 0. The van der Waals surface area contributed by atoms with E-state index in [1.54, 1.807) is 6.08 Å². The van der Waals surface area contributed by atoms with Gasteiger partial charge >= 0.3 is 0 Å². The number of rotatable bonds is 20. The summed E-state index contributed by atoms with van der Waals surface area (Å²) in [6.45, 7) is 4.30. The van der Waals surface area contributed by atoms with Crippen LogP contribution in [0.2, 0.25) is 0 Å². The Kier molecular flexibility index (Phi) is 18.8. The number of aliphatic hydroxyl groups is 1. The first kappa shape index (κ1) is 29.8. The largest absolute Gasteiger partial charge is 0.387 e. The van der Waals surface area contributed by atoms with Gasteiger partial charge in [0.15, 0.2) is 0 Å². The lowest BCUT2D eigenvalue weighted by Crippen LogP contribution is -2.46. The van der Waals surface area contributed by atoms with Crippen molar-refractivity contribution in [2.45, 2.75) is 116 Å². The second-order valence-electron chi connectivity index (χ2n) is 8.26. The van der Waals surface area contributed by atoms with E-state index in [0.29, 0.717) is 0 Å². The first-order valence-electron chi connectivity index (χ1n) is 12.0. The van der Waals surface area contributed by atoms with E-state index >= 15 is 0 Å². The molecule has 0 aliphatic rings. The maximum atomic E-state index is 12.2. The highest BCUT2D eigenvalue weighted by Gasteiger charge is 2.24. The van der Waals surface area contributed by atoms with Crippen LogP contribution in [0.25, 0.3) is 0 Å². The van der Waals surface area contributed by atoms with E-state index < -0.39 is 28.0 Å². The van der Waals surface area contributed by atoms with Crippen molar-refractivity contribution < 1.29 is 22.9 Å². The minimum atomic E-state index is -4.31. The summed E-state index contributed by atoms with van der Waals surface area (Å²) in [7, 11) is -4.31. The van der Waals surface area contributed by atoms with Crippen molar-refractivity contribution in [2.75, 3.05) is 5.75 Å². The van der Waals surface area contributed by atoms with Gasteiger partial charge in [0.2, 0.25) is 5.91 Å². The maximum Gasteiger partial charge on any atom is 0.267 e. The second-order valence-corrected chi connectivity index (χ2v) is 9.75. The molecule has 0 aromatic heterocycles. The van der Waals surface area contributed by atoms with Crippen molar-refractivity contribution in [3.63, 3.8) is 0 Å². The van der Waals surface area contributed by atoms with E-state index in [1.165, 1.54) is 12.5 Å². The summed E-state index contributed by atoms with van der Waals surface area (Å²) in [5, 5.41) is 12.9. The fourth-order valence-corrected chi connectivity index (χ4v) is 4.01. The van der Waals surface area contributed by atoms with Gasteiger partial charge in [-0.05, 0) is 38.5 Å². The third-order valence-corrected chi connectivity index (χ3v) is 5.88. The molecule has 0 radical (unpaired) electrons. The molecule has 0 spiro atoms. The number of nitrogens with one attached hydrogen (secondary N) is 1. The second kappa shape index (κ2) is 19.5. The summed E-state index contributed by atoms with van der Waals surface area (Å²) < 4.78 is 31.7. The topological polar surface area (TPSA) is 104 Å². The predicted octanol–water partition coefficient (Wildman–Crippen LogP) is 5.33. The van der Waals surface area contributed by atoms with Crippen LogP contribution in [0.4, 0.5) is 0 Å².